The standard InChI is InChI=1S/C9H10BrNO3/c1-14-9(13)7-2-3-8(12)11(6-7)5-4-10/h2-3,6H,4-5H2,1H3. The van der Waals surface area contributed by atoms with Crippen molar-refractivity contribution in [2.24, 2.45) is 0 Å². The summed E-state index contributed by atoms with van der Waals surface area (Å²) >= 11 is 3.22. The lowest BCUT2D eigenvalue weighted by Crippen LogP contribution is -2.21. The largest absolute Gasteiger partial charge is 0.465 e. The van der Waals surface area contributed by atoms with E-state index in [1.54, 1.807) is 0 Å². The molecule has 0 bridgehead atoms. The van der Waals surface area contributed by atoms with Gasteiger partial charge in [0.25, 0.3) is 5.56 Å². The number of methoxy groups -OCH3 is 1. The lowest BCUT2D eigenvalue weighted by molar-refractivity contribution is 0.0599. The summed E-state index contributed by atoms with van der Waals surface area (Å²) in [6.45, 7) is 0.531. The maximum Gasteiger partial charge on any atom is 0.339 e. The van der Waals surface area contributed by atoms with E-state index in [9.17, 15) is 9.59 Å². The second-order valence-corrected chi connectivity index (χ2v) is 3.42. The first-order chi connectivity index (χ1) is 6.69. The molecule has 0 amide bonds. The molecule has 0 aromatic carbocycles. The van der Waals surface area contributed by atoms with Crippen LogP contribution in [0.2, 0.25) is 0 Å². The minimum Gasteiger partial charge on any atom is -0.465 e. The Balaban J connectivity index is 3.06. The fraction of sp³-hybridized carbons (Fsp3) is 0.333. The number of rotatable bonds is 3. The number of carbonyl (C=O) groups excluding carboxylic acids is 1. The first-order valence-corrected chi connectivity index (χ1v) is 5.16. The summed E-state index contributed by atoms with van der Waals surface area (Å²) in [5.74, 6) is -0.437. The Hall–Kier alpha value is -1.10. The van der Waals surface area contributed by atoms with Crippen LogP contribution >= 0.6 is 15.9 Å². The van der Waals surface area contributed by atoms with E-state index in [1.807, 2.05) is 0 Å². The number of nitrogens with zero attached hydrogens (tertiary/aromatic N) is 1. The van der Waals surface area contributed by atoms with Gasteiger partial charge in [-0.1, -0.05) is 15.9 Å². The van der Waals surface area contributed by atoms with Crippen molar-refractivity contribution in [1.82, 2.24) is 4.57 Å². The molecule has 0 unspecified atom stereocenters. The van der Waals surface area contributed by atoms with Crippen molar-refractivity contribution < 1.29 is 9.53 Å². The highest BCUT2D eigenvalue weighted by Gasteiger charge is 2.06. The molecule has 0 N–H and O–H groups in total. The molecule has 0 atom stereocenters. The summed E-state index contributed by atoms with van der Waals surface area (Å²) in [7, 11) is 1.31. The van der Waals surface area contributed by atoms with Gasteiger partial charge in [-0.2, -0.15) is 0 Å². The number of alkyl halides is 1. The average Bonchev–Trinajstić information content (AvgIpc) is 2.20. The van der Waals surface area contributed by atoms with Gasteiger partial charge >= 0.3 is 5.97 Å². The molecular formula is C9H10BrNO3. The maximum absolute atomic E-state index is 11.3. The number of aryl methyl sites for hydroxylation is 1. The highest BCUT2D eigenvalue weighted by Crippen LogP contribution is 1.98. The molecule has 0 fully saturated rings. The fourth-order valence-corrected chi connectivity index (χ4v) is 1.42. The number of hydrogen-bond acceptors (Lipinski definition) is 3. The SMILES string of the molecule is COC(=O)c1ccc(=O)n(CCBr)c1. The van der Waals surface area contributed by atoms with Crippen molar-refractivity contribution in [2.45, 2.75) is 6.54 Å². The first-order valence-electron chi connectivity index (χ1n) is 4.04. The molecule has 0 aliphatic heterocycles. The predicted octanol–water partition coefficient (Wildman–Crippen LogP) is 1.03. The third-order valence-corrected chi connectivity index (χ3v) is 2.08. The molecule has 0 spiro atoms. The zero-order chi connectivity index (χ0) is 10.6. The molecule has 1 aromatic heterocycles. The summed E-state index contributed by atoms with van der Waals surface area (Å²) in [6.07, 6.45) is 1.50. The monoisotopic (exact) mass is 259 g/mol. The maximum atomic E-state index is 11.3. The van der Waals surface area contributed by atoms with Gasteiger partial charge in [0.15, 0.2) is 0 Å². The second-order valence-electron chi connectivity index (χ2n) is 2.63. The highest BCUT2D eigenvalue weighted by molar-refractivity contribution is 9.09. The predicted molar refractivity (Wildman–Crippen MR) is 55.8 cm³/mol. The molecule has 0 saturated carbocycles. The molecule has 1 rings (SSSR count). The van der Waals surface area contributed by atoms with Crippen LogP contribution in [-0.2, 0) is 11.3 Å². The molecular weight excluding hydrogens is 250 g/mol. The van der Waals surface area contributed by atoms with Gasteiger partial charge in [-0.3, -0.25) is 4.79 Å². The van der Waals surface area contributed by atoms with E-state index < -0.39 is 5.97 Å². The van der Waals surface area contributed by atoms with Gasteiger partial charge in [-0.15, -0.1) is 0 Å². The van der Waals surface area contributed by atoms with Gasteiger partial charge in [0, 0.05) is 24.1 Å². The smallest absolute Gasteiger partial charge is 0.339 e. The minimum atomic E-state index is -0.437. The summed E-state index contributed by atoms with van der Waals surface area (Å²) in [6, 6.07) is 2.81. The molecule has 5 heteroatoms. The number of ether oxygens (including phenoxy) is 1. The topological polar surface area (TPSA) is 48.3 Å². The molecule has 4 nitrogen and oxygen atoms in total. The number of aromatic nitrogens is 1. The van der Waals surface area contributed by atoms with Crippen LogP contribution in [0.1, 0.15) is 10.4 Å². The number of esters is 1. The zero-order valence-corrected chi connectivity index (χ0v) is 9.28. The third-order valence-electron chi connectivity index (χ3n) is 1.73. The van der Waals surface area contributed by atoms with Crippen molar-refractivity contribution in [2.75, 3.05) is 12.4 Å². The highest BCUT2D eigenvalue weighted by atomic mass is 79.9. The van der Waals surface area contributed by atoms with Crippen molar-refractivity contribution in [1.29, 1.82) is 0 Å². The van der Waals surface area contributed by atoms with Crippen molar-refractivity contribution in [3.63, 3.8) is 0 Å². The van der Waals surface area contributed by atoms with Crippen LogP contribution in [0, 0.1) is 0 Å². The van der Waals surface area contributed by atoms with Crippen LogP contribution in [0.5, 0.6) is 0 Å². The normalized spacial score (nSPS) is 9.86. The van der Waals surface area contributed by atoms with E-state index in [0.717, 1.165) is 0 Å². The summed E-state index contributed by atoms with van der Waals surface area (Å²) in [5.41, 5.74) is 0.255. The van der Waals surface area contributed by atoms with E-state index in [0.29, 0.717) is 17.4 Å². The Kier molecular flexibility index (Phi) is 3.88. The molecule has 76 valence electrons. The molecule has 1 aromatic rings. The minimum absolute atomic E-state index is 0.128. The summed E-state index contributed by atoms with van der Waals surface area (Å²) < 4.78 is 6.00. The van der Waals surface area contributed by atoms with Crippen LogP contribution in [0.15, 0.2) is 23.1 Å². The summed E-state index contributed by atoms with van der Waals surface area (Å²) in [4.78, 5) is 22.4. The van der Waals surface area contributed by atoms with Gasteiger partial charge < -0.3 is 9.30 Å². The van der Waals surface area contributed by atoms with Crippen LogP contribution < -0.4 is 5.56 Å². The van der Waals surface area contributed by atoms with E-state index >= 15 is 0 Å². The number of hydrogen-bond donors (Lipinski definition) is 0. The van der Waals surface area contributed by atoms with E-state index in [1.165, 1.54) is 30.0 Å². The van der Waals surface area contributed by atoms with Crippen LogP contribution in [0.3, 0.4) is 0 Å². The van der Waals surface area contributed by atoms with Gasteiger partial charge in [0.05, 0.1) is 12.7 Å². The molecule has 0 aliphatic carbocycles. The fourth-order valence-electron chi connectivity index (χ4n) is 1.04. The van der Waals surface area contributed by atoms with E-state index in [4.69, 9.17) is 0 Å². The molecule has 14 heavy (non-hydrogen) atoms. The zero-order valence-electron chi connectivity index (χ0n) is 7.70. The quantitative estimate of drug-likeness (QED) is 0.602. The lowest BCUT2D eigenvalue weighted by atomic mass is 10.3. The van der Waals surface area contributed by atoms with Gasteiger partial charge in [0.2, 0.25) is 0 Å². The Bertz CT molecular complexity index is 386. The second kappa shape index (κ2) is 4.95. The van der Waals surface area contributed by atoms with Gasteiger partial charge in [-0.25, -0.2) is 4.79 Å². The molecule has 0 radical (unpaired) electrons. The molecule has 1 heterocycles. The van der Waals surface area contributed by atoms with Gasteiger partial charge in [0.1, 0.15) is 0 Å². The molecule has 0 saturated heterocycles. The number of carbonyl (C=O) groups is 1. The number of pyridine rings is 1. The van der Waals surface area contributed by atoms with Crippen LogP contribution in [0.25, 0.3) is 0 Å². The first kappa shape index (κ1) is 11.0. The Labute approximate surface area is 89.6 Å². The average molecular weight is 260 g/mol. The van der Waals surface area contributed by atoms with Gasteiger partial charge in [-0.05, 0) is 6.07 Å². The van der Waals surface area contributed by atoms with Crippen molar-refractivity contribution >= 4 is 21.9 Å². The summed E-state index contributed by atoms with van der Waals surface area (Å²) in [5, 5.41) is 0.664. The van der Waals surface area contributed by atoms with Crippen molar-refractivity contribution in [3.8, 4) is 0 Å². The lowest BCUT2D eigenvalue weighted by Gasteiger charge is -2.04. The third kappa shape index (κ3) is 2.45. The molecule has 0 aliphatic rings. The van der Waals surface area contributed by atoms with E-state index in [2.05, 4.69) is 20.7 Å². The Morgan fingerprint density at radius 2 is 2.29 bits per heavy atom. The van der Waals surface area contributed by atoms with Crippen LogP contribution in [0.4, 0.5) is 0 Å². The van der Waals surface area contributed by atoms with Crippen molar-refractivity contribution in [3.05, 3.63) is 34.2 Å². The Morgan fingerprint density at radius 3 is 2.86 bits per heavy atom. The van der Waals surface area contributed by atoms with E-state index in [-0.39, 0.29) is 5.56 Å². The Morgan fingerprint density at radius 1 is 1.57 bits per heavy atom. The van der Waals surface area contributed by atoms with Crippen LogP contribution in [-0.4, -0.2) is 23.0 Å². The number of halogens is 1.